The molecule has 0 aromatic heterocycles. The van der Waals surface area contributed by atoms with Crippen LogP contribution >= 0.6 is 0 Å². The molecule has 4 atom stereocenters. The second-order valence-corrected chi connectivity index (χ2v) is 22.9. The Hall–Kier alpha value is -5.74. The predicted molar refractivity (Wildman–Crippen MR) is 295 cm³/mol. The van der Waals surface area contributed by atoms with Crippen LogP contribution in [0.3, 0.4) is 0 Å². The van der Waals surface area contributed by atoms with Crippen molar-refractivity contribution in [2.75, 3.05) is 0 Å². The Kier molecular flexibility index (Phi) is 27.1. The molecule has 448 valence electrons. The normalized spacial score (nSPS) is 14.6. The van der Waals surface area contributed by atoms with Crippen molar-refractivity contribution in [2.45, 2.75) is 126 Å². The molecule has 6 aromatic rings. The third kappa shape index (κ3) is 19.7. The Labute approximate surface area is 494 Å². The molecular formula is C60H64F12N2O6S2Zn. The van der Waals surface area contributed by atoms with Gasteiger partial charge in [-0.3, -0.25) is 0 Å². The van der Waals surface area contributed by atoms with Crippen LogP contribution in [0.25, 0.3) is 0 Å². The van der Waals surface area contributed by atoms with Crippen LogP contribution in [0.15, 0.2) is 146 Å². The third-order valence-electron chi connectivity index (χ3n) is 11.8. The first-order chi connectivity index (χ1) is 38.6. The number of benzene rings is 6. The number of ether oxygens (including phenoxy) is 4. The van der Waals surface area contributed by atoms with E-state index in [0.717, 1.165) is 55.5 Å². The summed E-state index contributed by atoms with van der Waals surface area (Å²) in [6.45, 7) is 21.8. The van der Waals surface area contributed by atoms with E-state index < -0.39 is 103 Å². The summed E-state index contributed by atoms with van der Waals surface area (Å²) in [7, 11) is -3.65. The summed E-state index contributed by atoms with van der Waals surface area (Å²) in [6, 6.07) is 30.0. The van der Waals surface area contributed by atoms with Crippen LogP contribution in [0.4, 0.5) is 52.7 Å². The van der Waals surface area contributed by atoms with Gasteiger partial charge in [-0.1, -0.05) is 79.4 Å². The fourth-order valence-electron chi connectivity index (χ4n) is 7.77. The molecule has 83 heavy (non-hydrogen) atoms. The van der Waals surface area contributed by atoms with Gasteiger partial charge in [0.15, 0.2) is 23.1 Å². The molecular weight excluding hydrogens is 1200 g/mol. The predicted octanol–water partition coefficient (Wildman–Crippen LogP) is 15.8. The maximum Gasteiger partial charge on any atom is 2.00 e. The molecule has 1 fully saturated rings. The Bertz CT molecular complexity index is 3070. The molecule has 1 saturated carbocycles. The van der Waals surface area contributed by atoms with Gasteiger partial charge in [0.05, 0.1) is 50.2 Å². The number of alkyl halides is 8. The van der Waals surface area contributed by atoms with Gasteiger partial charge < -0.3 is 32.8 Å². The van der Waals surface area contributed by atoms with Crippen molar-refractivity contribution in [3.05, 3.63) is 217 Å². The first kappa shape index (κ1) is 71.5. The first-order valence-electron chi connectivity index (χ1n) is 25.3. The Morgan fingerprint density at radius 2 is 0.988 bits per heavy atom. The minimum Gasteiger partial charge on any atom is -0.487 e. The smallest absolute Gasteiger partial charge is 0.487 e. The fourth-order valence-corrected chi connectivity index (χ4v) is 9.58. The molecule has 0 spiro atoms. The zero-order chi connectivity index (χ0) is 61.4. The van der Waals surface area contributed by atoms with Crippen molar-refractivity contribution in [1.82, 2.24) is 9.44 Å². The fraction of sp³-hybridized carbons (Fsp3) is 0.333. The molecule has 23 heteroatoms. The second kappa shape index (κ2) is 31.4. The molecule has 0 radical (unpaired) electrons. The van der Waals surface area contributed by atoms with Gasteiger partial charge in [0.1, 0.15) is 23.1 Å². The molecule has 8 nitrogen and oxygen atoms in total. The minimum absolute atomic E-state index is 0. The largest absolute Gasteiger partial charge is 2.00 e. The number of rotatable bonds is 23. The molecule has 0 unspecified atom stereocenters. The van der Waals surface area contributed by atoms with E-state index in [4.69, 9.17) is 9.47 Å². The molecule has 0 aliphatic heterocycles. The molecule has 0 saturated heterocycles. The van der Waals surface area contributed by atoms with Crippen molar-refractivity contribution < 1.29 is 99.5 Å². The number of halogens is 12. The van der Waals surface area contributed by atoms with E-state index in [-0.39, 0.29) is 72.2 Å². The van der Waals surface area contributed by atoms with Gasteiger partial charge in [-0.2, -0.15) is 49.0 Å². The molecule has 7 rings (SSSR count). The number of hydrogen-bond donors (Lipinski definition) is 2. The van der Waals surface area contributed by atoms with E-state index in [0.29, 0.717) is 23.3 Å². The number of nitrogens with one attached hydrogen (secondary N) is 2. The van der Waals surface area contributed by atoms with E-state index in [1.54, 1.807) is 109 Å². The summed E-state index contributed by atoms with van der Waals surface area (Å²) < 4.78 is 217. The van der Waals surface area contributed by atoms with Crippen LogP contribution in [0.1, 0.15) is 94.7 Å². The van der Waals surface area contributed by atoms with Gasteiger partial charge in [-0.05, 0) is 142 Å². The van der Waals surface area contributed by atoms with Gasteiger partial charge in [0, 0.05) is 17.4 Å². The zero-order valence-electron chi connectivity index (χ0n) is 46.5. The van der Waals surface area contributed by atoms with Crippen LogP contribution in [-0.4, -0.2) is 49.6 Å². The monoisotopic (exact) mass is 1260 g/mol. The van der Waals surface area contributed by atoms with Crippen molar-refractivity contribution in [1.29, 1.82) is 0 Å². The van der Waals surface area contributed by atoms with Gasteiger partial charge in [-0.25, -0.2) is 35.4 Å². The average molecular weight is 1270 g/mol. The summed E-state index contributed by atoms with van der Waals surface area (Å²) in [4.78, 5) is 0. The van der Waals surface area contributed by atoms with Crippen molar-refractivity contribution in [2.24, 2.45) is 0 Å². The van der Waals surface area contributed by atoms with Crippen LogP contribution in [0, 0.1) is 37.1 Å². The van der Waals surface area contributed by atoms with Gasteiger partial charge in [0.2, 0.25) is 0 Å². The van der Waals surface area contributed by atoms with E-state index in [1.165, 1.54) is 24.3 Å². The summed E-state index contributed by atoms with van der Waals surface area (Å²) in [5.41, 5.74) is -1.65. The van der Waals surface area contributed by atoms with E-state index in [9.17, 15) is 61.1 Å². The Morgan fingerprint density at radius 3 is 1.36 bits per heavy atom. The Morgan fingerprint density at radius 1 is 0.590 bits per heavy atom. The molecule has 0 heterocycles. The van der Waals surface area contributed by atoms with Gasteiger partial charge in [-0.15, -0.1) is 0 Å². The summed E-state index contributed by atoms with van der Waals surface area (Å²) in [5, 5.41) is -0.470. The molecule has 0 amide bonds. The zero-order valence-corrected chi connectivity index (χ0v) is 51.1. The standard InChI is InChI=1S/C29H29F6NO3S.C27H25F6NO3S.2C2H5.Zn/c1-27(2,3)40(37)36-28(17-18-7-5-4-6-8-18,19-9-12-24(31)25(15-19)38-22-10-11-22)20-13-21(30)16-23(14-20)39-29(34,35)26(32)33;1-4-36-24-14-19(10-11-23(24)29)26(34-38(35)17(2)3,16-18-8-6-5-7-9-18)20-12-21(28)15-22(13-20)37-27(32,33)25(30)31;2*1-2;/h4-9,12-16,22,26,36H,10-11,17H2,1-3H3;4-15,17,25,34H,1,16H2,2-3H3;2*1H2,2H3;/q;;2*-1;+2/t28-,40+;26-,38+;;;/m11.../s1. The molecule has 2 N–H and O–H groups in total. The second-order valence-electron chi connectivity index (χ2n) is 19.2. The van der Waals surface area contributed by atoms with Crippen LogP contribution < -0.4 is 28.4 Å². The van der Waals surface area contributed by atoms with E-state index in [2.05, 4.69) is 39.3 Å². The summed E-state index contributed by atoms with van der Waals surface area (Å²) in [5.74, 6) is -5.64. The Balaban J connectivity index is 0.000000407. The summed E-state index contributed by atoms with van der Waals surface area (Å²) >= 11 is 0. The van der Waals surface area contributed by atoms with Crippen molar-refractivity contribution in [3.8, 4) is 23.0 Å². The minimum atomic E-state index is -4.90. The van der Waals surface area contributed by atoms with Crippen molar-refractivity contribution in [3.63, 3.8) is 0 Å². The maximum atomic E-state index is 15.0. The van der Waals surface area contributed by atoms with Crippen molar-refractivity contribution >= 4 is 22.0 Å². The van der Waals surface area contributed by atoms with Crippen LogP contribution in [0.2, 0.25) is 0 Å². The SMILES string of the molecule is C=COc1cc([C@@](Cc2ccccc2)(N[S@@](=O)C(C)C)c2cc(F)cc(OC(F)(F)C(F)F)c2)ccc1F.CC(C)(C)[S@](=O)N[C@@](Cc1ccccc1)(c1cc(F)cc(OC(F)(F)C(F)F)c1)c1ccc(F)c(OC2CC2)c1.[CH2-]C.[CH2-]C.[Zn+2]. The molecule has 6 aromatic carbocycles. The summed E-state index contributed by atoms with van der Waals surface area (Å²) in [6.07, 6.45) is -15.9. The van der Waals surface area contributed by atoms with E-state index in [1.807, 2.05) is 0 Å². The van der Waals surface area contributed by atoms with Gasteiger partial charge >= 0.3 is 44.5 Å². The molecule has 1 aliphatic rings. The molecule has 1 aliphatic carbocycles. The topological polar surface area (TPSA) is 95.1 Å². The van der Waals surface area contributed by atoms with Crippen LogP contribution in [-0.2, 0) is 65.4 Å². The van der Waals surface area contributed by atoms with Crippen LogP contribution in [0.5, 0.6) is 23.0 Å². The number of hydrogen-bond acceptors (Lipinski definition) is 6. The first-order valence-corrected chi connectivity index (χ1v) is 27.7. The quantitative estimate of drug-likeness (QED) is 0.0287. The van der Waals surface area contributed by atoms with E-state index >= 15 is 0 Å². The average Bonchev–Trinajstić information content (AvgIpc) is 4.29. The third-order valence-corrected chi connectivity index (χ3v) is 14.8. The maximum absolute atomic E-state index is 15.0. The molecule has 0 bridgehead atoms. The van der Waals surface area contributed by atoms with Gasteiger partial charge in [0.25, 0.3) is 0 Å².